The van der Waals surface area contributed by atoms with Crippen LogP contribution in [0.5, 0.6) is 0 Å². The van der Waals surface area contributed by atoms with Gasteiger partial charge >= 0.3 is 0 Å². The van der Waals surface area contributed by atoms with Crippen molar-refractivity contribution in [3.63, 3.8) is 0 Å². The normalized spacial score (nSPS) is 13.8. The number of nitrogens with zero attached hydrogens (tertiary/aromatic N) is 2. The van der Waals surface area contributed by atoms with Crippen molar-refractivity contribution in [1.29, 1.82) is 0 Å². The van der Waals surface area contributed by atoms with Gasteiger partial charge in [0.25, 0.3) is 10.8 Å². The Labute approximate surface area is 96.2 Å². The first-order chi connectivity index (χ1) is 7.91. The summed E-state index contributed by atoms with van der Waals surface area (Å²) in [5, 5.41) is 19.8. The second kappa shape index (κ2) is 5.21. The molecular weight excluding hydrogens is 230 g/mol. The van der Waals surface area contributed by atoms with Crippen LogP contribution in [0.4, 0.5) is 5.69 Å². The quantitative estimate of drug-likeness (QED) is 0.610. The van der Waals surface area contributed by atoms with E-state index in [9.17, 15) is 20.2 Å². The van der Waals surface area contributed by atoms with Crippen LogP contribution in [0.2, 0.25) is 0 Å². The average Bonchev–Trinajstić information content (AvgIpc) is 2.25. The molecule has 8 heteroatoms. The molecule has 1 rings (SSSR count). The van der Waals surface area contributed by atoms with Gasteiger partial charge in [-0.25, -0.2) is 0 Å². The Morgan fingerprint density at radius 1 is 1.24 bits per heavy atom. The minimum atomic E-state index is -0.939. The molecule has 0 fully saturated rings. The van der Waals surface area contributed by atoms with Gasteiger partial charge in [0.15, 0.2) is 0 Å². The fraction of sp³-hybridized carbons (Fsp3) is 0.333. The van der Waals surface area contributed by atoms with Crippen LogP contribution in [0.25, 0.3) is 0 Å². The standard InChI is InChI=1S/C9H11N3O5/c1-6(10)9(17-12(15)16)7-2-4-8(5-3-7)11(13)14/h2-6,9H,10H2,1H3. The Hall–Kier alpha value is -2.22. The first-order valence-electron chi connectivity index (χ1n) is 4.73. The molecule has 8 nitrogen and oxygen atoms in total. The molecule has 1 aromatic carbocycles. The third-order valence-corrected chi connectivity index (χ3v) is 2.11. The van der Waals surface area contributed by atoms with Crippen LogP contribution < -0.4 is 5.73 Å². The summed E-state index contributed by atoms with van der Waals surface area (Å²) < 4.78 is 0. The Bertz CT molecular complexity index is 417. The molecular formula is C9H11N3O5. The van der Waals surface area contributed by atoms with Crippen LogP contribution in [0.1, 0.15) is 18.6 Å². The SMILES string of the molecule is CC(N)C(O[N+](=O)[O-])c1ccc([N+](=O)[O-])cc1. The molecule has 1 aromatic rings. The highest BCUT2D eigenvalue weighted by Gasteiger charge is 2.21. The molecule has 92 valence electrons. The molecule has 0 spiro atoms. The minimum absolute atomic E-state index is 0.0988. The molecule has 0 aromatic heterocycles. The van der Waals surface area contributed by atoms with Crippen molar-refractivity contribution in [2.24, 2.45) is 5.73 Å². The van der Waals surface area contributed by atoms with Gasteiger partial charge in [-0.1, -0.05) is 0 Å². The predicted octanol–water partition coefficient (Wildman–Crippen LogP) is 1.19. The maximum absolute atomic E-state index is 10.4. The van der Waals surface area contributed by atoms with Crippen molar-refractivity contribution in [1.82, 2.24) is 0 Å². The summed E-state index contributed by atoms with van der Waals surface area (Å²) in [6.07, 6.45) is -0.939. The summed E-state index contributed by atoms with van der Waals surface area (Å²) in [4.78, 5) is 24.6. The van der Waals surface area contributed by atoms with Gasteiger partial charge in [-0.3, -0.25) is 10.1 Å². The van der Waals surface area contributed by atoms with E-state index in [0.717, 1.165) is 0 Å². The molecule has 0 aliphatic heterocycles. The van der Waals surface area contributed by atoms with Crippen LogP contribution >= 0.6 is 0 Å². The van der Waals surface area contributed by atoms with Crippen LogP contribution in [-0.2, 0) is 4.84 Å². The lowest BCUT2D eigenvalue weighted by atomic mass is 10.0. The van der Waals surface area contributed by atoms with Gasteiger partial charge in [-0.15, -0.1) is 10.1 Å². The van der Waals surface area contributed by atoms with Gasteiger partial charge in [0.2, 0.25) is 0 Å². The number of nitro groups is 1. The zero-order chi connectivity index (χ0) is 13.0. The largest absolute Gasteiger partial charge is 0.326 e. The van der Waals surface area contributed by atoms with E-state index in [1.165, 1.54) is 24.3 Å². The number of nitro benzene ring substituents is 1. The van der Waals surface area contributed by atoms with Crippen LogP contribution in [-0.4, -0.2) is 16.1 Å². The van der Waals surface area contributed by atoms with Crippen LogP contribution in [0.3, 0.4) is 0 Å². The second-order valence-corrected chi connectivity index (χ2v) is 3.46. The summed E-state index contributed by atoms with van der Waals surface area (Å²) in [5.74, 6) is 0. The molecule has 0 saturated heterocycles. The first kappa shape index (κ1) is 12.8. The van der Waals surface area contributed by atoms with E-state index in [0.29, 0.717) is 5.56 Å². The third kappa shape index (κ3) is 3.38. The minimum Gasteiger partial charge on any atom is -0.326 e. The zero-order valence-electron chi connectivity index (χ0n) is 8.98. The van der Waals surface area contributed by atoms with Crippen molar-refractivity contribution in [2.45, 2.75) is 19.1 Å². The summed E-state index contributed by atoms with van der Waals surface area (Å²) in [6.45, 7) is 1.55. The Kier molecular flexibility index (Phi) is 3.94. The van der Waals surface area contributed by atoms with E-state index in [4.69, 9.17) is 5.73 Å². The summed E-state index contributed by atoms with van der Waals surface area (Å²) in [5.41, 5.74) is 5.87. The fourth-order valence-electron chi connectivity index (χ4n) is 1.34. The number of hydrogen-bond donors (Lipinski definition) is 1. The third-order valence-electron chi connectivity index (χ3n) is 2.11. The molecule has 0 heterocycles. The van der Waals surface area contributed by atoms with E-state index >= 15 is 0 Å². The number of nitrogens with two attached hydrogens (primary N) is 1. The van der Waals surface area contributed by atoms with E-state index in [2.05, 4.69) is 4.84 Å². The number of hydrogen-bond acceptors (Lipinski definition) is 6. The summed E-state index contributed by atoms with van der Waals surface area (Å²) >= 11 is 0. The van der Waals surface area contributed by atoms with E-state index in [-0.39, 0.29) is 5.69 Å². The smallest absolute Gasteiger partial charge is 0.295 e. The number of non-ortho nitro benzene ring substituents is 1. The van der Waals surface area contributed by atoms with Gasteiger partial charge in [-0.2, -0.15) is 0 Å². The summed E-state index contributed by atoms with van der Waals surface area (Å²) in [7, 11) is 0. The molecule has 0 radical (unpaired) electrons. The van der Waals surface area contributed by atoms with Gasteiger partial charge in [0.1, 0.15) is 6.10 Å². The van der Waals surface area contributed by atoms with E-state index < -0.39 is 22.2 Å². The second-order valence-electron chi connectivity index (χ2n) is 3.46. The topological polar surface area (TPSA) is 122 Å². The summed E-state index contributed by atoms with van der Waals surface area (Å²) in [6, 6.07) is 4.65. The monoisotopic (exact) mass is 241 g/mol. The van der Waals surface area contributed by atoms with Crippen molar-refractivity contribution >= 4 is 5.69 Å². The van der Waals surface area contributed by atoms with Crippen molar-refractivity contribution in [3.8, 4) is 0 Å². The Morgan fingerprint density at radius 3 is 2.12 bits per heavy atom. The van der Waals surface area contributed by atoms with Crippen molar-refractivity contribution in [3.05, 3.63) is 50.1 Å². The van der Waals surface area contributed by atoms with Gasteiger partial charge < -0.3 is 10.6 Å². The van der Waals surface area contributed by atoms with Crippen LogP contribution in [0.15, 0.2) is 24.3 Å². The lowest BCUT2D eigenvalue weighted by Crippen LogP contribution is -2.28. The first-order valence-corrected chi connectivity index (χ1v) is 4.73. The predicted molar refractivity (Wildman–Crippen MR) is 57.6 cm³/mol. The number of benzene rings is 1. The highest BCUT2D eigenvalue weighted by molar-refractivity contribution is 5.34. The van der Waals surface area contributed by atoms with Crippen molar-refractivity contribution in [2.75, 3.05) is 0 Å². The fourth-order valence-corrected chi connectivity index (χ4v) is 1.34. The lowest BCUT2D eigenvalue weighted by Gasteiger charge is -2.18. The number of rotatable bonds is 5. The maximum atomic E-state index is 10.4. The maximum Gasteiger partial charge on any atom is 0.295 e. The highest BCUT2D eigenvalue weighted by atomic mass is 17.0. The van der Waals surface area contributed by atoms with Crippen molar-refractivity contribution < 1.29 is 14.8 Å². The molecule has 2 N–H and O–H groups in total. The molecule has 0 bridgehead atoms. The molecule has 0 amide bonds. The average molecular weight is 241 g/mol. The van der Waals surface area contributed by atoms with Gasteiger partial charge in [0, 0.05) is 18.2 Å². The molecule has 2 atom stereocenters. The van der Waals surface area contributed by atoms with Gasteiger partial charge in [0.05, 0.1) is 4.92 Å². The molecule has 0 aliphatic carbocycles. The molecule has 0 saturated carbocycles. The molecule has 2 unspecified atom stereocenters. The Morgan fingerprint density at radius 2 is 1.76 bits per heavy atom. The molecule has 0 aliphatic rings. The van der Waals surface area contributed by atoms with E-state index in [1.807, 2.05) is 0 Å². The van der Waals surface area contributed by atoms with Crippen LogP contribution in [0, 0.1) is 20.2 Å². The molecule has 17 heavy (non-hydrogen) atoms. The lowest BCUT2D eigenvalue weighted by molar-refractivity contribution is -0.771. The van der Waals surface area contributed by atoms with E-state index in [1.54, 1.807) is 6.92 Å². The van der Waals surface area contributed by atoms with Gasteiger partial charge in [-0.05, 0) is 24.6 Å². The zero-order valence-corrected chi connectivity index (χ0v) is 8.98. The highest BCUT2D eigenvalue weighted by Crippen LogP contribution is 2.22. The Balaban J connectivity index is 2.95.